The Morgan fingerprint density at radius 3 is 2.35 bits per heavy atom. The molecule has 0 spiro atoms. The maximum absolute atomic E-state index is 13.8. The van der Waals surface area contributed by atoms with Gasteiger partial charge in [-0.25, -0.2) is 4.39 Å². The topological polar surface area (TPSA) is 46.5 Å². The molecule has 0 saturated heterocycles. The number of hydrogen-bond donors (Lipinski definition) is 1. The predicted molar refractivity (Wildman–Crippen MR) is 87.4 cm³/mol. The van der Waals surface area contributed by atoms with E-state index in [1.807, 2.05) is 24.3 Å². The zero-order valence-corrected chi connectivity index (χ0v) is 13.3. The van der Waals surface area contributed by atoms with Crippen molar-refractivity contribution < 1.29 is 19.0 Å². The van der Waals surface area contributed by atoms with Crippen molar-refractivity contribution in [2.45, 2.75) is 32.1 Å². The molecule has 2 rings (SSSR count). The van der Waals surface area contributed by atoms with Crippen LogP contribution in [0.1, 0.15) is 43.2 Å². The molecule has 0 aliphatic rings. The second-order valence-corrected chi connectivity index (χ2v) is 5.77. The highest BCUT2D eigenvalue weighted by molar-refractivity contribution is 5.76. The monoisotopic (exact) mass is 316 g/mol. The van der Waals surface area contributed by atoms with E-state index >= 15 is 0 Å². The lowest BCUT2D eigenvalue weighted by atomic mass is 9.96. The van der Waals surface area contributed by atoms with Gasteiger partial charge in [0.25, 0.3) is 0 Å². The van der Waals surface area contributed by atoms with Crippen LogP contribution in [0.4, 0.5) is 4.39 Å². The molecule has 1 atom stereocenters. The van der Waals surface area contributed by atoms with Gasteiger partial charge >= 0.3 is 5.97 Å². The van der Waals surface area contributed by atoms with E-state index in [4.69, 9.17) is 4.74 Å². The van der Waals surface area contributed by atoms with Crippen molar-refractivity contribution in [3.8, 4) is 5.75 Å². The van der Waals surface area contributed by atoms with Crippen LogP contribution in [-0.4, -0.2) is 17.7 Å². The van der Waals surface area contributed by atoms with Gasteiger partial charge in [-0.15, -0.1) is 0 Å². The van der Waals surface area contributed by atoms with Gasteiger partial charge in [-0.05, 0) is 36.1 Å². The molecule has 2 aromatic carbocycles. The third-order valence-electron chi connectivity index (χ3n) is 3.80. The van der Waals surface area contributed by atoms with E-state index in [-0.39, 0.29) is 18.6 Å². The normalized spacial score (nSPS) is 12.2. The summed E-state index contributed by atoms with van der Waals surface area (Å²) < 4.78 is 19.4. The average Bonchev–Trinajstić information content (AvgIpc) is 2.53. The minimum Gasteiger partial charge on any atom is -0.494 e. The van der Waals surface area contributed by atoms with Crippen LogP contribution in [-0.2, 0) is 4.79 Å². The first kappa shape index (κ1) is 17.0. The SMILES string of the molecule is CC(C)c1ccc(OCCC(C(=O)O)c2ccccc2F)cc1. The minimum absolute atomic E-state index is 0.193. The molecular weight excluding hydrogens is 295 g/mol. The summed E-state index contributed by atoms with van der Waals surface area (Å²) in [4.78, 5) is 11.4. The molecule has 0 aromatic heterocycles. The van der Waals surface area contributed by atoms with E-state index < -0.39 is 17.7 Å². The number of carboxylic acids is 1. The second kappa shape index (κ2) is 7.77. The first-order chi connectivity index (χ1) is 11.0. The lowest BCUT2D eigenvalue weighted by Crippen LogP contribution is -2.16. The Bertz CT molecular complexity index is 650. The van der Waals surface area contributed by atoms with Crippen LogP contribution in [0.5, 0.6) is 5.75 Å². The Hall–Kier alpha value is -2.36. The summed E-state index contributed by atoms with van der Waals surface area (Å²) in [6, 6.07) is 13.7. The van der Waals surface area contributed by atoms with Crippen molar-refractivity contribution in [2.24, 2.45) is 0 Å². The number of carboxylic acid groups (broad SMARTS) is 1. The molecule has 0 amide bonds. The fourth-order valence-corrected chi connectivity index (χ4v) is 2.41. The van der Waals surface area contributed by atoms with Crippen LogP contribution in [0.15, 0.2) is 48.5 Å². The van der Waals surface area contributed by atoms with Crippen LogP contribution in [0.25, 0.3) is 0 Å². The van der Waals surface area contributed by atoms with Gasteiger partial charge < -0.3 is 9.84 Å². The number of hydrogen-bond acceptors (Lipinski definition) is 2. The molecule has 0 saturated carbocycles. The summed E-state index contributed by atoms with van der Waals surface area (Å²) >= 11 is 0. The largest absolute Gasteiger partial charge is 0.494 e. The highest BCUT2D eigenvalue weighted by Crippen LogP contribution is 2.24. The highest BCUT2D eigenvalue weighted by atomic mass is 19.1. The average molecular weight is 316 g/mol. The molecule has 1 N–H and O–H groups in total. The summed E-state index contributed by atoms with van der Waals surface area (Å²) in [5, 5.41) is 9.32. The van der Waals surface area contributed by atoms with Crippen molar-refractivity contribution in [3.63, 3.8) is 0 Å². The van der Waals surface area contributed by atoms with Crippen LogP contribution in [0.3, 0.4) is 0 Å². The Kier molecular flexibility index (Phi) is 5.74. The summed E-state index contributed by atoms with van der Waals surface area (Å²) in [7, 11) is 0. The predicted octanol–water partition coefficient (Wildman–Crippen LogP) is 4.59. The fraction of sp³-hybridized carbons (Fsp3) is 0.316. The molecule has 122 valence electrons. The van der Waals surface area contributed by atoms with Crippen LogP contribution < -0.4 is 4.74 Å². The van der Waals surface area contributed by atoms with E-state index in [1.165, 1.54) is 17.7 Å². The van der Waals surface area contributed by atoms with Gasteiger partial charge in [0, 0.05) is 5.56 Å². The molecule has 0 bridgehead atoms. The lowest BCUT2D eigenvalue weighted by Gasteiger charge is -2.14. The van der Waals surface area contributed by atoms with Crippen molar-refractivity contribution in [2.75, 3.05) is 6.61 Å². The summed E-state index contributed by atoms with van der Waals surface area (Å²) in [6.45, 7) is 4.44. The van der Waals surface area contributed by atoms with Gasteiger partial charge in [-0.1, -0.05) is 44.2 Å². The van der Waals surface area contributed by atoms with Gasteiger partial charge in [-0.3, -0.25) is 4.79 Å². The van der Waals surface area contributed by atoms with E-state index in [0.29, 0.717) is 11.7 Å². The van der Waals surface area contributed by atoms with E-state index in [0.717, 1.165) is 0 Å². The Morgan fingerprint density at radius 2 is 1.78 bits per heavy atom. The van der Waals surface area contributed by atoms with Crippen LogP contribution in [0.2, 0.25) is 0 Å². The smallest absolute Gasteiger partial charge is 0.311 e. The lowest BCUT2D eigenvalue weighted by molar-refractivity contribution is -0.139. The van der Waals surface area contributed by atoms with Crippen LogP contribution in [0, 0.1) is 5.82 Å². The zero-order chi connectivity index (χ0) is 16.8. The minimum atomic E-state index is -1.05. The van der Waals surface area contributed by atoms with Crippen molar-refractivity contribution in [1.82, 2.24) is 0 Å². The van der Waals surface area contributed by atoms with Gasteiger partial charge in [-0.2, -0.15) is 0 Å². The first-order valence-electron chi connectivity index (χ1n) is 7.69. The van der Waals surface area contributed by atoms with E-state index in [2.05, 4.69) is 13.8 Å². The fourth-order valence-electron chi connectivity index (χ4n) is 2.41. The molecule has 23 heavy (non-hydrogen) atoms. The van der Waals surface area contributed by atoms with E-state index in [9.17, 15) is 14.3 Å². The number of halogens is 1. The summed E-state index contributed by atoms with van der Waals surface area (Å²) in [5.41, 5.74) is 1.41. The van der Waals surface area contributed by atoms with Gasteiger partial charge in [0.1, 0.15) is 11.6 Å². The Labute approximate surface area is 135 Å². The molecule has 0 heterocycles. The van der Waals surface area contributed by atoms with Crippen molar-refractivity contribution >= 4 is 5.97 Å². The maximum atomic E-state index is 13.8. The molecule has 2 aromatic rings. The number of aliphatic carboxylic acids is 1. The molecule has 0 aliphatic carbocycles. The number of ether oxygens (including phenoxy) is 1. The number of carbonyl (C=O) groups is 1. The Balaban J connectivity index is 1.97. The third-order valence-corrected chi connectivity index (χ3v) is 3.80. The van der Waals surface area contributed by atoms with Crippen LogP contribution >= 0.6 is 0 Å². The molecule has 3 nitrogen and oxygen atoms in total. The standard InChI is InChI=1S/C19H21FO3/c1-13(2)14-7-9-15(10-8-14)23-12-11-17(19(21)22)16-5-3-4-6-18(16)20/h3-10,13,17H,11-12H2,1-2H3,(H,21,22). The summed E-state index contributed by atoms with van der Waals surface area (Å²) in [5.74, 6) is -1.32. The van der Waals surface area contributed by atoms with Gasteiger partial charge in [0.2, 0.25) is 0 Å². The molecule has 4 heteroatoms. The number of rotatable bonds is 7. The number of benzene rings is 2. The van der Waals surface area contributed by atoms with Crippen molar-refractivity contribution in [3.05, 3.63) is 65.5 Å². The molecule has 0 radical (unpaired) electrons. The first-order valence-corrected chi connectivity index (χ1v) is 7.69. The summed E-state index contributed by atoms with van der Waals surface area (Å²) in [6.07, 6.45) is 0.211. The van der Waals surface area contributed by atoms with Gasteiger partial charge in [0.05, 0.1) is 12.5 Å². The second-order valence-electron chi connectivity index (χ2n) is 5.77. The zero-order valence-electron chi connectivity index (χ0n) is 13.3. The quantitative estimate of drug-likeness (QED) is 0.813. The highest BCUT2D eigenvalue weighted by Gasteiger charge is 2.22. The molecular formula is C19H21FO3. The third kappa shape index (κ3) is 4.55. The van der Waals surface area contributed by atoms with E-state index in [1.54, 1.807) is 12.1 Å². The molecule has 1 unspecified atom stereocenters. The van der Waals surface area contributed by atoms with Crippen molar-refractivity contribution in [1.29, 1.82) is 0 Å². The van der Waals surface area contributed by atoms with Gasteiger partial charge in [0.15, 0.2) is 0 Å². The molecule has 0 fully saturated rings. The Morgan fingerprint density at radius 1 is 1.13 bits per heavy atom. The molecule has 0 aliphatic heterocycles. The maximum Gasteiger partial charge on any atom is 0.311 e.